The van der Waals surface area contributed by atoms with Gasteiger partial charge in [0.25, 0.3) is 0 Å². The summed E-state index contributed by atoms with van der Waals surface area (Å²) in [6.07, 6.45) is 8.77. The molecule has 0 amide bonds. The lowest BCUT2D eigenvalue weighted by Crippen LogP contribution is -2.10. The van der Waals surface area contributed by atoms with E-state index in [4.69, 9.17) is 4.74 Å². The zero-order valence-electron chi connectivity index (χ0n) is 8.50. The molecule has 0 bridgehead atoms. The molecule has 1 aromatic heterocycles. The van der Waals surface area contributed by atoms with Crippen molar-refractivity contribution in [1.29, 1.82) is 0 Å². The Bertz CT molecular complexity index is 370. The van der Waals surface area contributed by atoms with Crippen LogP contribution < -0.4 is 0 Å². The number of ether oxygens (including phenoxy) is 1. The van der Waals surface area contributed by atoms with Crippen molar-refractivity contribution in [1.82, 2.24) is 9.55 Å². The Hall–Kier alpha value is -1.16. The fourth-order valence-electron chi connectivity index (χ4n) is 2.20. The van der Waals surface area contributed by atoms with Crippen LogP contribution in [0.25, 0.3) is 0 Å². The van der Waals surface area contributed by atoms with Gasteiger partial charge < -0.3 is 14.1 Å². The number of aldehydes is 1. The summed E-state index contributed by atoms with van der Waals surface area (Å²) in [5.41, 5.74) is 1.14. The van der Waals surface area contributed by atoms with Gasteiger partial charge in [0.2, 0.25) is 0 Å². The average Bonchev–Trinajstić information content (AvgIpc) is 2.83. The topological polar surface area (TPSA) is 44.1 Å². The van der Waals surface area contributed by atoms with Crippen LogP contribution in [0.15, 0.2) is 12.5 Å². The number of carbonyl (C=O) groups is 1. The molecule has 4 nitrogen and oxygen atoms in total. The van der Waals surface area contributed by atoms with Crippen LogP contribution in [0.5, 0.6) is 0 Å². The molecule has 2 fully saturated rings. The van der Waals surface area contributed by atoms with Gasteiger partial charge in [-0.2, -0.15) is 0 Å². The summed E-state index contributed by atoms with van der Waals surface area (Å²) in [4.78, 5) is 14.8. The molecular formula is C11H14N2O2. The van der Waals surface area contributed by atoms with Crippen LogP contribution in [0.2, 0.25) is 0 Å². The summed E-state index contributed by atoms with van der Waals surface area (Å²) in [5, 5.41) is 0. The van der Waals surface area contributed by atoms with Crippen LogP contribution in [0.1, 0.15) is 43.5 Å². The van der Waals surface area contributed by atoms with Gasteiger partial charge in [0, 0.05) is 6.04 Å². The van der Waals surface area contributed by atoms with E-state index in [9.17, 15) is 4.79 Å². The average molecular weight is 206 g/mol. The molecule has 0 N–H and O–H groups in total. The molecule has 1 aliphatic heterocycles. The summed E-state index contributed by atoms with van der Waals surface area (Å²) >= 11 is 0. The van der Waals surface area contributed by atoms with E-state index >= 15 is 0 Å². The molecule has 4 heteroatoms. The maximum Gasteiger partial charge on any atom is 0.148 e. The second-order valence-electron chi connectivity index (χ2n) is 4.33. The second-order valence-corrected chi connectivity index (χ2v) is 4.33. The molecule has 0 radical (unpaired) electrons. The molecule has 0 spiro atoms. The Morgan fingerprint density at radius 2 is 2.27 bits per heavy atom. The lowest BCUT2D eigenvalue weighted by Gasteiger charge is -2.13. The summed E-state index contributed by atoms with van der Waals surface area (Å²) in [6, 6.07) is 0.626. The van der Waals surface area contributed by atoms with E-state index in [-0.39, 0.29) is 12.2 Å². The monoisotopic (exact) mass is 206 g/mol. The van der Waals surface area contributed by atoms with E-state index in [1.54, 1.807) is 0 Å². The third-order valence-corrected chi connectivity index (χ3v) is 3.17. The van der Waals surface area contributed by atoms with E-state index in [2.05, 4.69) is 9.55 Å². The first-order chi connectivity index (χ1) is 7.38. The molecule has 2 heterocycles. The van der Waals surface area contributed by atoms with Gasteiger partial charge in [0.15, 0.2) is 0 Å². The molecular weight excluding hydrogens is 192 g/mol. The van der Waals surface area contributed by atoms with Crippen molar-refractivity contribution in [2.75, 3.05) is 0 Å². The minimum atomic E-state index is -0.211. The van der Waals surface area contributed by atoms with Gasteiger partial charge in [-0.25, -0.2) is 4.98 Å². The van der Waals surface area contributed by atoms with Gasteiger partial charge in [-0.3, -0.25) is 0 Å². The smallest absolute Gasteiger partial charge is 0.148 e. The zero-order chi connectivity index (χ0) is 10.3. The van der Waals surface area contributed by atoms with Gasteiger partial charge in [-0.15, -0.1) is 0 Å². The van der Waals surface area contributed by atoms with Crippen LogP contribution in [-0.4, -0.2) is 21.9 Å². The third-order valence-electron chi connectivity index (χ3n) is 3.17. The molecule has 3 rings (SSSR count). The quantitative estimate of drug-likeness (QED) is 0.706. The lowest BCUT2D eigenvalue weighted by molar-refractivity contribution is -0.117. The Morgan fingerprint density at radius 1 is 1.40 bits per heavy atom. The van der Waals surface area contributed by atoms with Crippen LogP contribution in [0.4, 0.5) is 0 Å². The number of nitrogens with zero attached hydrogens (tertiary/aromatic N) is 2. The van der Waals surface area contributed by atoms with Gasteiger partial charge in [0.1, 0.15) is 18.5 Å². The van der Waals surface area contributed by atoms with E-state index < -0.39 is 0 Å². The molecule has 1 saturated carbocycles. The molecule has 1 saturated heterocycles. The highest BCUT2D eigenvalue weighted by molar-refractivity contribution is 5.56. The van der Waals surface area contributed by atoms with Gasteiger partial charge in [0.05, 0.1) is 18.2 Å². The number of hydrogen-bond acceptors (Lipinski definition) is 3. The fourth-order valence-corrected chi connectivity index (χ4v) is 2.20. The summed E-state index contributed by atoms with van der Waals surface area (Å²) < 4.78 is 7.85. The van der Waals surface area contributed by atoms with Crippen LogP contribution in [0.3, 0.4) is 0 Å². The standard InChI is InChI=1S/C11H14N2O2/c14-6-9-3-4-11(15-9)10-5-12-7-13(10)8-1-2-8/h5-9,11H,1-4H2. The highest BCUT2D eigenvalue weighted by Crippen LogP contribution is 2.40. The first-order valence-electron chi connectivity index (χ1n) is 5.51. The molecule has 15 heavy (non-hydrogen) atoms. The highest BCUT2D eigenvalue weighted by atomic mass is 16.5. The largest absolute Gasteiger partial charge is 0.361 e. The van der Waals surface area contributed by atoms with Crippen LogP contribution in [0, 0.1) is 0 Å². The number of aromatic nitrogens is 2. The van der Waals surface area contributed by atoms with Crippen LogP contribution >= 0.6 is 0 Å². The number of imidazole rings is 1. The molecule has 1 aliphatic carbocycles. The number of rotatable bonds is 3. The fraction of sp³-hybridized carbons (Fsp3) is 0.636. The highest BCUT2D eigenvalue weighted by Gasteiger charge is 2.32. The Kier molecular flexibility index (Phi) is 2.09. The predicted molar refractivity (Wildman–Crippen MR) is 53.4 cm³/mol. The predicted octanol–water partition coefficient (Wildman–Crippen LogP) is 1.64. The lowest BCUT2D eigenvalue weighted by atomic mass is 10.1. The normalized spacial score (nSPS) is 30.7. The Morgan fingerprint density at radius 3 is 2.93 bits per heavy atom. The molecule has 2 atom stereocenters. The van der Waals surface area contributed by atoms with Crippen molar-refractivity contribution in [2.45, 2.75) is 43.9 Å². The molecule has 80 valence electrons. The van der Waals surface area contributed by atoms with Crippen molar-refractivity contribution in [3.63, 3.8) is 0 Å². The molecule has 1 aromatic rings. The molecule has 2 aliphatic rings. The van der Waals surface area contributed by atoms with Crippen molar-refractivity contribution in [2.24, 2.45) is 0 Å². The number of carbonyl (C=O) groups excluding carboxylic acids is 1. The van der Waals surface area contributed by atoms with E-state index in [0.29, 0.717) is 6.04 Å². The summed E-state index contributed by atoms with van der Waals surface area (Å²) in [6.45, 7) is 0. The maximum atomic E-state index is 10.6. The first-order valence-corrected chi connectivity index (χ1v) is 5.51. The van der Waals surface area contributed by atoms with Crippen molar-refractivity contribution >= 4 is 6.29 Å². The van der Waals surface area contributed by atoms with E-state index in [1.165, 1.54) is 12.8 Å². The second kappa shape index (κ2) is 3.45. The molecule has 2 unspecified atom stereocenters. The number of hydrogen-bond donors (Lipinski definition) is 0. The molecule has 0 aromatic carbocycles. The minimum absolute atomic E-state index is 0.0725. The van der Waals surface area contributed by atoms with Gasteiger partial charge >= 0.3 is 0 Å². The SMILES string of the molecule is O=CC1CCC(c2cncn2C2CC2)O1. The van der Waals surface area contributed by atoms with E-state index in [1.807, 2.05) is 12.5 Å². The Balaban J connectivity index is 1.80. The summed E-state index contributed by atoms with van der Waals surface area (Å²) in [7, 11) is 0. The van der Waals surface area contributed by atoms with Gasteiger partial charge in [-0.05, 0) is 25.7 Å². The summed E-state index contributed by atoms with van der Waals surface area (Å²) in [5.74, 6) is 0. The minimum Gasteiger partial charge on any atom is -0.361 e. The maximum absolute atomic E-state index is 10.6. The van der Waals surface area contributed by atoms with Crippen molar-refractivity contribution in [3.8, 4) is 0 Å². The van der Waals surface area contributed by atoms with Crippen molar-refractivity contribution < 1.29 is 9.53 Å². The first kappa shape index (κ1) is 9.09. The zero-order valence-corrected chi connectivity index (χ0v) is 8.50. The van der Waals surface area contributed by atoms with E-state index in [0.717, 1.165) is 24.8 Å². The third kappa shape index (κ3) is 1.59. The van der Waals surface area contributed by atoms with Crippen LogP contribution in [-0.2, 0) is 9.53 Å². The Labute approximate surface area is 88.3 Å². The van der Waals surface area contributed by atoms with Gasteiger partial charge in [-0.1, -0.05) is 0 Å². The van der Waals surface area contributed by atoms with Crippen molar-refractivity contribution in [3.05, 3.63) is 18.2 Å².